The van der Waals surface area contributed by atoms with Gasteiger partial charge in [-0.25, -0.2) is 27.2 Å². The van der Waals surface area contributed by atoms with Gasteiger partial charge in [0.25, 0.3) is 10.0 Å². The highest BCUT2D eigenvalue weighted by atomic mass is 35.5. The number of nitrogens with zero attached hydrogens (tertiary/aromatic N) is 5. The highest BCUT2D eigenvalue weighted by Gasteiger charge is 2.24. The van der Waals surface area contributed by atoms with Crippen LogP contribution in [0.1, 0.15) is 11.3 Å². The molecule has 0 atom stereocenters. The quantitative estimate of drug-likeness (QED) is 0.415. The molecule has 3 aromatic heterocycles. The molecule has 0 saturated heterocycles. The van der Waals surface area contributed by atoms with E-state index in [1.165, 1.54) is 30.2 Å². The van der Waals surface area contributed by atoms with Gasteiger partial charge in [0.15, 0.2) is 16.5 Å². The standard InChI is InChI=1S/C19H12ClF2N7O3S/c1-32-19-15(6-10(20)7-25-19)33(30,31)28-14-5-4-13(21)12(16(14)22)3-2-11-8-24-17(23)18-27-26-9-29(11)18/h4-9,28H,1H3,(H2,23,24). The minimum atomic E-state index is -4.40. The first-order valence-electron chi connectivity index (χ1n) is 8.88. The molecule has 0 amide bonds. The van der Waals surface area contributed by atoms with Gasteiger partial charge in [-0.15, -0.1) is 10.2 Å². The Kier molecular flexibility index (Phi) is 5.71. The number of rotatable bonds is 4. The first-order valence-corrected chi connectivity index (χ1v) is 10.7. The zero-order chi connectivity index (χ0) is 23.8. The lowest BCUT2D eigenvalue weighted by molar-refractivity contribution is 0.385. The summed E-state index contributed by atoms with van der Waals surface area (Å²) in [5.41, 5.74) is 4.88. The molecule has 0 spiro atoms. The van der Waals surface area contributed by atoms with Gasteiger partial charge in [-0.2, -0.15) is 0 Å². The van der Waals surface area contributed by atoms with Gasteiger partial charge >= 0.3 is 0 Å². The number of halogens is 3. The van der Waals surface area contributed by atoms with Crippen LogP contribution in [-0.4, -0.2) is 40.1 Å². The zero-order valence-corrected chi connectivity index (χ0v) is 18.1. The first-order chi connectivity index (χ1) is 15.7. The number of pyridine rings is 1. The Bertz CT molecular complexity index is 1570. The van der Waals surface area contributed by atoms with Crippen molar-refractivity contribution in [3.05, 3.63) is 64.8 Å². The molecule has 0 aliphatic heterocycles. The predicted molar refractivity (Wildman–Crippen MR) is 114 cm³/mol. The number of sulfonamides is 1. The molecule has 33 heavy (non-hydrogen) atoms. The van der Waals surface area contributed by atoms with Crippen molar-refractivity contribution < 1.29 is 21.9 Å². The maximum absolute atomic E-state index is 15.1. The molecule has 0 saturated carbocycles. The van der Waals surface area contributed by atoms with E-state index in [0.29, 0.717) is 0 Å². The molecule has 0 aliphatic rings. The molecule has 0 unspecified atom stereocenters. The molecule has 4 rings (SSSR count). The van der Waals surface area contributed by atoms with E-state index < -0.39 is 37.8 Å². The van der Waals surface area contributed by atoms with Crippen molar-refractivity contribution in [2.45, 2.75) is 4.90 Å². The third kappa shape index (κ3) is 4.21. The molecule has 3 N–H and O–H groups in total. The number of hydrogen-bond donors (Lipinski definition) is 2. The average Bonchev–Trinajstić information content (AvgIpc) is 3.28. The van der Waals surface area contributed by atoms with E-state index in [0.717, 1.165) is 18.2 Å². The fraction of sp³-hybridized carbons (Fsp3) is 0.0526. The van der Waals surface area contributed by atoms with E-state index in [1.54, 1.807) is 0 Å². The Balaban J connectivity index is 1.75. The summed E-state index contributed by atoms with van der Waals surface area (Å²) in [5.74, 6) is 2.50. The number of ether oxygens (including phenoxy) is 1. The van der Waals surface area contributed by atoms with Crippen molar-refractivity contribution in [2.75, 3.05) is 17.6 Å². The Labute approximate surface area is 190 Å². The SMILES string of the molecule is COc1ncc(Cl)cc1S(=O)(=O)Nc1ccc(F)c(C#Cc2cnc(N)c3nncn23)c1F. The third-order valence-electron chi connectivity index (χ3n) is 4.28. The van der Waals surface area contributed by atoms with Crippen LogP contribution in [0.5, 0.6) is 5.88 Å². The van der Waals surface area contributed by atoms with Crippen molar-refractivity contribution in [2.24, 2.45) is 0 Å². The number of anilines is 2. The number of nitrogens with two attached hydrogens (primary N) is 1. The van der Waals surface area contributed by atoms with E-state index in [1.807, 2.05) is 4.72 Å². The third-order valence-corrected chi connectivity index (χ3v) is 5.85. The summed E-state index contributed by atoms with van der Waals surface area (Å²) in [6.07, 6.45) is 3.77. The summed E-state index contributed by atoms with van der Waals surface area (Å²) in [6.45, 7) is 0. The lowest BCUT2D eigenvalue weighted by Gasteiger charge is -2.12. The van der Waals surface area contributed by atoms with E-state index in [2.05, 4.69) is 32.0 Å². The van der Waals surface area contributed by atoms with Gasteiger partial charge in [0.05, 0.1) is 29.6 Å². The summed E-state index contributed by atoms with van der Waals surface area (Å²) < 4.78 is 63.3. The normalized spacial score (nSPS) is 11.2. The molecule has 0 radical (unpaired) electrons. The minimum absolute atomic E-state index is 0.0136. The van der Waals surface area contributed by atoms with Crippen LogP contribution in [0.25, 0.3) is 5.65 Å². The summed E-state index contributed by atoms with van der Waals surface area (Å²) in [7, 11) is -3.19. The van der Waals surface area contributed by atoms with Crippen LogP contribution in [0.15, 0.2) is 41.8 Å². The maximum Gasteiger partial charge on any atom is 0.267 e. The molecule has 3 heterocycles. The number of hydrogen-bond acceptors (Lipinski definition) is 8. The van der Waals surface area contributed by atoms with Gasteiger partial charge in [0, 0.05) is 6.20 Å². The molecule has 4 aromatic rings. The predicted octanol–water partition coefficient (Wildman–Crippen LogP) is 2.24. The van der Waals surface area contributed by atoms with Gasteiger partial charge in [-0.1, -0.05) is 17.5 Å². The largest absolute Gasteiger partial charge is 0.480 e. The van der Waals surface area contributed by atoms with Crippen molar-refractivity contribution in [1.29, 1.82) is 0 Å². The fourth-order valence-corrected chi connectivity index (χ4v) is 4.18. The van der Waals surface area contributed by atoms with E-state index in [4.69, 9.17) is 22.1 Å². The molecule has 10 nitrogen and oxygen atoms in total. The summed E-state index contributed by atoms with van der Waals surface area (Å²) >= 11 is 5.83. The average molecular weight is 492 g/mol. The zero-order valence-electron chi connectivity index (χ0n) is 16.5. The lowest BCUT2D eigenvalue weighted by Crippen LogP contribution is -2.16. The topological polar surface area (TPSA) is 137 Å². The van der Waals surface area contributed by atoms with Crippen molar-refractivity contribution in [3.8, 4) is 17.7 Å². The van der Waals surface area contributed by atoms with Gasteiger partial charge in [0.1, 0.15) is 17.8 Å². The Morgan fingerprint density at radius 3 is 2.76 bits per heavy atom. The van der Waals surface area contributed by atoms with Crippen LogP contribution >= 0.6 is 11.6 Å². The number of benzene rings is 1. The smallest absolute Gasteiger partial charge is 0.267 e. The molecule has 0 bridgehead atoms. The van der Waals surface area contributed by atoms with Crippen LogP contribution in [-0.2, 0) is 10.0 Å². The van der Waals surface area contributed by atoms with Crippen LogP contribution in [0.4, 0.5) is 20.3 Å². The first kappa shape index (κ1) is 22.2. The van der Waals surface area contributed by atoms with Gasteiger partial charge in [0.2, 0.25) is 11.5 Å². The number of fused-ring (bicyclic) bond motifs is 1. The Morgan fingerprint density at radius 1 is 1.21 bits per heavy atom. The van der Waals surface area contributed by atoms with E-state index in [9.17, 15) is 12.8 Å². The monoisotopic (exact) mass is 491 g/mol. The number of aromatic nitrogens is 5. The molecule has 0 aliphatic carbocycles. The minimum Gasteiger partial charge on any atom is -0.480 e. The van der Waals surface area contributed by atoms with Crippen molar-refractivity contribution >= 4 is 38.8 Å². The molecule has 168 valence electrons. The molecular weight excluding hydrogens is 480 g/mol. The number of nitrogen functional groups attached to an aromatic ring is 1. The highest BCUT2D eigenvalue weighted by molar-refractivity contribution is 7.92. The van der Waals surface area contributed by atoms with Crippen LogP contribution in [0, 0.1) is 23.5 Å². The second kappa shape index (κ2) is 8.49. The van der Waals surface area contributed by atoms with Crippen LogP contribution in [0.2, 0.25) is 5.02 Å². The molecular formula is C19H12ClF2N7O3S. The molecule has 1 aromatic carbocycles. The van der Waals surface area contributed by atoms with Crippen LogP contribution in [0.3, 0.4) is 0 Å². The Morgan fingerprint density at radius 2 is 2.00 bits per heavy atom. The lowest BCUT2D eigenvalue weighted by atomic mass is 10.1. The number of methoxy groups -OCH3 is 1. The number of nitrogens with one attached hydrogen (secondary N) is 1. The summed E-state index contributed by atoms with van der Waals surface area (Å²) in [4.78, 5) is 7.24. The maximum atomic E-state index is 15.1. The van der Waals surface area contributed by atoms with Crippen molar-refractivity contribution in [1.82, 2.24) is 24.6 Å². The summed E-state index contributed by atoms with van der Waals surface area (Å²) in [5, 5.41) is 7.49. The Hall–Kier alpha value is -4.02. The molecule has 0 fully saturated rings. The van der Waals surface area contributed by atoms with Gasteiger partial charge in [-0.3, -0.25) is 9.12 Å². The summed E-state index contributed by atoms with van der Waals surface area (Å²) in [6, 6.07) is 2.87. The van der Waals surface area contributed by atoms with Crippen molar-refractivity contribution in [3.63, 3.8) is 0 Å². The van der Waals surface area contributed by atoms with Crippen LogP contribution < -0.4 is 15.2 Å². The molecule has 14 heteroatoms. The highest BCUT2D eigenvalue weighted by Crippen LogP contribution is 2.28. The van der Waals surface area contributed by atoms with Gasteiger partial charge < -0.3 is 10.5 Å². The second-order valence-electron chi connectivity index (χ2n) is 6.35. The van der Waals surface area contributed by atoms with E-state index >= 15 is 4.39 Å². The van der Waals surface area contributed by atoms with E-state index in [-0.39, 0.29) is 28.1 Å². The van der Waals surface area contributed by atoms with Gasteiger partial charge in [-0.05, 0) is 24.1 Å². The fourth-order valence-electron chi connectivity index (χ4n) is 2.76. The second-order valence-corrected chi connectivity index (χ2v) is 8.44.